The van der Waals surface area contributed by atoms with E-state index in [1.807, 2.05) is 0 Å². The summed E-state index contributed by atoms with van der Waals surface area (Å²) in [6.07, 6.45) is 2.82. The molecular weight excluding hydrogens is 387 g/mol. The summed E-state index contributed by atoms with van der Waals surface area (Å²) < 4.78 is 0. The summed E-state index contributed by atoms with van der Waals surface area (Å²) in [4.78, 5) is 11.9. The lowest BCUT2D eigenvalue weighted by Crippen LogP contribution is -2.08. The highest BCUT2D eigenvalue weighted by atomic mass is 35.5. The molecule has 0 aromatic heterocycles. The normalized spacial score (nSPS) is 11.0. The van der Waals surface area contributed by atoms with Crippen LogP contribution in [0, 0.1) is 0 Å². The van der Waals surface area contributed by atoms with Gasteiger partial charge in [-0.15, -0.1) is 0 Å². The monoisotopic (exact) mass is 393 g/mol. The Hall–Kier alpha value is -0.900. The standard InChI is InChI=1S/C15H8Cl5NO/c16-9-2-1-3-10(17)8(9)4-5-15(22)21-14-7-12(19)11(18)6-13(14)20/h1-7H,(H,21,22)/b5-4+. The second kappa shape index (κ2) is 7.58. The van der Waals surface area contributed by atoms with Crippen molar-refractivity contribution in [3.8, 4) is 0 Å². The van der Waals surface area contributed by atoms with Gasteiger partial charge in [0.2, 0.25) is 5.91 Å². The minimum Gasteiger partial charge on any atom is -0.321 e. The first-order valence-electron chi connectivity index (χ1n) is 5.96. The lowest BCUT2D eigenvalue weighted by Gasteiger charge is -2.07. The predicted octanol–water partition coefficient (Wildman–Crippen LogP) is 6.61. The van der Waals surface area contributed by atoms with Gasteiger partial charge in [0.1, 0.15) is 0 Å². The molecule has 2 nitrogen and oxygen atoms in total. The van der Waals surface area contributed by atoms with E-state index in [0.717, 1.165) is 0 Å². The van der Waals surface area contributed by atoms with Crippen LogP contribution in [0.5, 0.6) is 0 Å². The van der Waals surface area contributed by atoms with Crippen LogP contribution in [0.3, 0.4) is 0 Å². The van der Waals surface area contributed by atoms with Gasteiger partial charge >= 0.3 is 0 Å². The number of amides is 1. The zero-order valence-corrected chi connectivity index (χ0v) is 14.6. The van der Waals surface area contributed by atoms with Crippen LogP contribution in [0.1, 0.15) is 5.56 Å². The van der Waals surface area contributed by atoms with Crippen molar-refractivity contribution in [3.63, 3.8) is 0 Å². The molecule has 22 heavy (non-hydrogen) atoms. The van der Waals surface area contributed by atoms with Gasteiger partial charge in [-0.3, -0.25) is 4.79 Å². The molecule has 2 aromatic carbocycles. The zero-order chi connectivity index (χ0) is 16.3. The Bertz CT molecular complexity index is 738. The van der Waals surface area contributed by atoms with Gasteiger partial charge in [-0.2, -0.15) is 0 Å². The van der Waals surface area contributed by atoms with Gasteiger partial charge in [-0.1, -0.05) is 64.1 Å². The summed E-state index contributed by atoms with van der Waals surface area (Å²) in [7, 11) is 0. The molecule has 1 amide bonds. The van der Waals surface area contributed by atoms with Crippen molar-refractivity contribution in [2.75, 3.05) is 5.32 Å². The van der Waals surface area contributed by atoms with Gasteiger partial charge in [-0.25, -0.2) is 0 Å². The fourth-order valence-electron chi connectivity index (χ4n) is 1.62. The van der Waals surface area contributed by atoms with Crippen molar-refractivity contribution in [2.24, 2.45) is 0 Å². The predicted molar refractivity (Wildman–Crippen MR) is 95.6 cm³/mol. The highest BCUT2D eigenvalue weighted by Crippen LogP contribution is 2.32. The molecule has 0 saturated carbocycles. The van der Waals surface area contributed by atoms with Crippen molar-refractivity contribution in [2.45, 2.75) is 0 Å². The van der Waals surface area contributed by atoms with E-state index in [0.29, 0.717) is 31.3 Å². The van der Waals surface area contributed by atoms with Crippen LogP contribution < -0.4 is 5.32 Å². The van der Waals surface area contributed by atoms with E-state index >= 15 is 0 Å². The van der Waals surface area contributed by atoms with Gasteiger partial charge in [0.15, 0.2) is 0 Å². The van der Waals surface area contributed by atoms with Crippen LogP contribution in [-0.2, 0) is 4.79 Å². The number of carbonyl (C=O) groups is 1. The molecule has 7 heteroatoms. The number of hydrogen-bond donors (Lipinski definition) is 1. The van der Waals surface area contributed by atoms with Crippen LogP contribution in [-0.4, -0.2) is 5.91 Å². The molecule has 0 fully saturated rings. The first kappa shape index (κ1) is 17.5. The minimum absolute atomic E-state index is 0.284. The fourth-order valence-corrected chi connectivity index (χ4v) is 2.74. The molecule has 0 atom stereocenters. The van der Waals surface area contributed by atoms with E-state index in [2.05, 4.69) is 5.32 Å². The molecule has 0 heterocycles. The zero-order valence-electron chi connectivity index (χ0n) is 10.8. The van der Waals surface area contributed by atoms with Gasteiger partial charge in [-0.05, 0) is 30.3 Å². The maximum absolute atomic E-state index is 11.9. The smallest absolute Gasteiger partial charge is 0.248 e. The fraction of sp³-hybridized carbons (Fsp3) is 0. The Labute approximate surface area is 152 Å². The SMILES string of the molecule is O=C(/C=C/c1c(Cl)cccc1Cl)Nc1cc(Cl)c(Cl)cc1Cl. The molecule has 0 spiro atoms. The topological polar surface area (TPSA) is 29.1 Å². The summed E-state index contributed by atoms with van der Waals surface area (Å²) in [5, 5.41) is 4.38. The van der Waals surface area contributed by atoms with Crippen molar-refractivity contribution < 1.29 is 4.79 Å². The van der Waals surface area contributed by atoms with Crippen LogP contribution in [0.2, 0.25) is 25.1 Å². The number of nitrogens with one attached hydrogen (secondary N) is 1. The average molecular weight is 396 g/mol. The van der Waals surface area contributed by atoms with Crippen molar-refractivity contribution in [3.05, 3.63) is 67.1 Å². The molecule has 0 unspecified atom stereocenters. The summed E-state index contributed by atoms with van der Waals surface area (Å²) in [5.74, 6) is -0.406. The number of rotatable bonds is 3. The highest BCUT2D eigenvalue weighted by Gasteiger charge is 2.08. The minimum atomic E-state index is -0.406. The van der Waals surface area contributed by atoms with E-state index in [-0.39, 0.29) is 5.02 Å². The van der Waals surface area contributed by atoms with Crippen molar-refractivity contribution in [1.82, 2.24) is 0 Å². The van der Waals surface area contributed by atoms with E-state index in [9.17, 15) is 4.79 Å². The van der Waals surface area contributed by atoms with Gasteiger partial charge in [0.05, 0.1) is 20.8 Å². The highest BCUT2D eigenvalue weighted by molar-refractivity contribution is 6.44. The second-order valence-corrected chi connectivity index (χ2v) is 6.24. The van der Waals surface area contributed by atoms with Crippen molar-refractivity contribution >= 4 is 75.7 Å². The van der Waals surface area contributed by atoms with Crippen LogP contribution in [0.25, 0.3) is 6.08 Å². The number of anilines is 1. The summed E-state index contributed by atoms with van der Waals surface area (Å²) in [6, 6.07) is 8.01. The molecule has 0 aliphatic heterocycles. The van der Waals surface area contributed by atoms with E-state index in [1.165, 1.54) is 24.3 Å². The first-order chi connectivity index (χ1) is 10.4. The van der Waals surface area contributed by atoms with Crippen LogP contribution in [0.15, 0.2) is 36.4 Å². The third-order valence-electron chi connectivity index (χ3n) is 2.67. The van der Waals surface area contributed by atoms with E-state index in [4.69, 9.17) is 58.0 Å². The maximum atomic E-state index is 11.9. The Balaban J connectivity index is 2.17. The summed E-state index contributed by atoms with van der Waals surface area (Å²) in [5.41, 5.74) is 0.914. The molecule has 0 aliphatic rings. The van der Waals surface area contributed by atoms with Gasteiger partial charge in [0, 0.05) is 21.7 Å². The molecule has 2 rings (SSSR count). The largest absolute Gasteiger partial charge is 0.321 e. The molecular formula is C15H8Cl5NO. The van der Waals surface area contributed by atoms with Crippen molar-refractivity contribution in [1.29, 1.82) is 0 Å². The molecule has 114 valence electrons. The molecule has 0 bridgehead atoms. The Morgan fingerprint density at radius 3 is 2.09 bits per heavy atom. The molecule has 0 saturated heterocycles. The van der Waals surface area contributed by atoms with Gasteiger partial charge in [0.25, 0.3) is 0 Å². The number of benzene rings is 2. The first-order valence-corrected chi connectivity index (χ1v) is 7.85. The van der Waals surface area contributed by atoms with E-state index < -0.39 is 5.91 Å². The Morgan fingerprint density at radius 2 is 1.45 bits per heavy atom. The number of halogens is 5. The second-order valence-electron chi connectivity index (χ2n) is 4.20. The third kappa shape index (κ3) is 4.31. The third-order valence-corrected chi connectivity index (χ3v) is 4.36. The number of hydrogen-bond acceptors (Lipinski definition) is 1. The average Bonchev–Trinajstić information content (AvgIpc) is 2.44. The lowest BCUT2D eigenvalue weighted by molar-refractivity contribution is -0.111. The summed E-state index contributed by atoms with van der Waals surface area (Å²) >= 11 is 29.7. The van der Waals surface area contributed by atoms with Gasteiger partial charge < -0.3 is 5.32 Å². The molecule has 0 aliphatic carbocycles. The van der Waals surface area contributed by atoms with Crippen LogP contribution >= 0.6 is 58.0 Å². The van der Waals surface area contributed by atoms with E-state index in [1.54, 1.807) is 18.2 Å². The lowest BCUT2D eigenvalue weighted by atomic mass is 10.2. The molecule has 0 radical (unpaired) electrons. The maximum Gasteiger partial charge on any atom is 0.248 e. The summed E-state index contributed by atoms with van der Waals surface area (Å²) in [6.45, 7) is 0. The quantitative estimate of drug-likeness (QED) is 0.460. The van der Waals surface area contributed by atoms with Crippen LogP contribution in [0.4, 0.5) is 5.69 Å². The molecule has 2 aromatic rings. The molecule has 1 N–H and O–H groups in total. The number of carbonyl (C=O) groups excluding carboxylic acids is 1. The Morgan fingerprint density at radius 1 is 0.864 bits per heavy atom. The Kier molecular flexibility index (Phi) is 6.01.